The van der Waals surface area contributed by atoms with Crippen LogP contribution >= 0.6 is 23.2 Å². The monoisotopic (exact) mass is 310 g/mol. The van der Waals surface area contributed by atoms with Crippen molar-refractivity contribution >= 4 is 29.2 Å². The SMILES string of the molecule is Cc1ccc(Oc2ccc(Cl)cc2Cl)c(CC(=O)O)c1. The molecule has 0 aliphatic heterocycles. The van der Waals surface area contributed by atoms with Crippen LogP contribution < -0.4 is 4.74 Å². The van der Waals surface area contributed by atoms with Gasteiger partial charge in [0, 0.05) is 10.6 Å². The summed E-state index contributed by atoms with van der Waals surface area (Å²) in [5.74, 6) is -0.00330. The third-order valence-corrected chi connectivity index (χ3v) is 3.20. The van der Waals surface area contributed by atoms with Gasteiger partial charge in [0.25, 0.3) is 0 Å². The second-order valence-corrected chi connectivity index (χ2v) is 5.20. The largest absolute Gasteiger partial charge is 0.481 e. The van der Waals surface area contributed by atoms with Crippen LogP contribution in [0.5, 0.6) is 11.5 Å². The number of hydrogen-bond donors (Lipinski definition) is 1. The molecule has 2 rings (SSSR count). The number of carboxylic acids is 1. The molecule has 5 heteroatoms. The van der Waals surface area contributed by atoms with E-state index in [0.717, 1.165) is 5.56 Å². The first kappa shape index (κ1) is 14.7. The molecule has 0 aromatic heterocycles. The molecule has 0 unspecified atom stereocenters. The highest BCUT2D eigenvalue weighted by Crippen LogP contribution is 2.33. The molecule has 104 valence electrons. The smallest absolute Gasteiger partial charge is 0.307 e. The summed E-state index contributed by atoms with van der Waals surface area (Å²) in [5.41, 5.74) is 1.57. The lowest BCUT2D eigenvalue weighted by Crippen LogP contribution is -2.02. The van der Waals surface area contributed by atoms with Gasteiger partial charge in [-0.1, -0.05) is 40.9 Å². The Balaban J connectivity index is 2.35. The van der Waals surface area contributed by atoms with E-state index in [4.69, 9.17) is 33.0 Å². The molecule has 2 aromatic rings. The van der Waals surface area contributed by atoms with Crippen LogP contribution in [-0.2, 0) is 11.2 Å². The average molecular weight is 311 g/mol. The zero-order valence-corrected chi connectivity index (χ0v) is 12.2. The highest BCUT2D eigenvalue weighted by Gasteiger charge is 2.11. The van der Waals surface area contributed by atoms with Gasteiger partial charge in [-0.05, 0) is 31.2 Å². The summed E-state index contributed by atoms with van der Waals surface area (Å²) in [5, 5.41) is 9.83. The van der Waals surface area contributed by atoms with Gasteiger partial charge in [-0.2, -0.15) is 0 Å². The van der Waals surface area contributed by atoms with Crippen LogP contribution in [0.3, 0.4) is 0 Å². The van der Waals surface area contributed by atoms with Gasteiger partial charge in [0.15, 0.2) is 0 Å². The van der Waals surface area contributed by atoms with Crippen molar-refractivity contribution in [1.82, 2.24) is 0 Å². The van der Waals surface area contributed by atoms with Crippen molar-refractivity contribution in [2.45, 2.75) is 13.3 Å². The molecule has 0 heterocycles. The molecule has 0 aliphatic carbocycles. The summed E-state index contributed by atoms with van der Waals surface area (Å²) in [6.45, 7) is 1.89. The number of ether oxygens (including phenoxy) is 1. The summed E-state index contributed by atoms with van der Waals surface area (Å²) < 4.78 is 5.70. The molecule has 0 radical (unpaired) electrons. The van der Waals surface area contributed by atoms with E-state index >= 15 is 0 Å². The Hall–Kier alpha value is -1.71. The molecule has 0 spiro atoms. The standard InChI is InChI=1S/C15H12Cl2O3/c1-9-2-4-13(10(6-9)7-15(18)19)20-14-5-3-11(16)8-12(14)17/h2-6,8H,7H2,1H3,(H,18,19). The molecule has 0 bridgehead atoms. The number of rotatable bonds is 4. The van der Waals surface area contributed by atoms with Crippen LogP contribution in [0.15, 0.2) is 36.4 Å². The fourth-order valence-electron chi connectivity index (χ4n) is 1.79. The van der Waals surface area contributed by atoms with Gasteiger partial charge >= 0.3 is 5.97 Å². The Morgan fingerprint density at radius 1 is 1.15 bits per heavy atom. The van der Waals surface area contributed by atoms with E-state index in [2.05, 4.69) is 0 Å². The summed E-state index contributed by atoms with van der Waals surface area (Å²) in [6, 6.07) is 10.3. The summed E-state index contributed by atoms with van der Waals surface area (Å²) in [4.78, 5) is 10.9. The molecular weight excluding hydrogens is 299 g/mol. The van der Waals surface area contributed by atoms with E-state index in [9.17, 15) is 4.79 Å². The Kier molecular flexibility index (Phi) is 4.53. The lowest BCUT2D eigenvalue weighted by molar-refractivity contribution is -0.136. The van der Waals surface area contributed by atoms with E-state index in [-0.39, 0.29) is 6.42 Å². The Bertz CT molecular complexity index is 654. The van der Waals surface area contributed by atoms with Gasteiger partial charge < -0.3 is 9.84 Å². The third kappa shape index (κ3) is 3.65. The maximum Gasteiger partial charge on any atom is 0.307 e. The minimum absolute atomic E-state index is 0.109. The van der Waals surface area contributed by atoms with E-state index in [1.54, 1.807) is 30.3 Å². The van der Waals surface area contributed by atoms with Crippen LogP contribution in [-0.4, -0.2) is 11.1 Å². The predicted molar refractivity (Wildman–Crippen MR) is 79.1 cm³/mol. The highest BCUT2D eigenvalue weighted by molar-refractivity contribution is 6.35. The first-order valence-corrected chi connectivity index (χ1v) is 6.65. The van der Waals surface area contributed by atoms with E-state index in [1.165, 1.54) is 0 Å². The molecule has 0 atom stereocenters. The second kappa shape index (κ2) is 6.16. The van der Waals surface area contributed by atoms with E-state index in [1.807, 2.05) is 13.0 Å². The van der Waals surface area contributed by atoms with Crippen molar-refractivity contribution in [3.05, 3.63) is 57.6 Å². The van der Waals surface area contributed by atoms with Crippen molar-refractivity contribution in [3.8, 4) is 11.5 Å². The predicted octanol–water partition coefficient (Wildman–Crippen LogP) is 4.72. The summed E-state index contributed by atoms with van der Waals surface area (Å²) in [7, 11) is 0. The number of halogens is 2. The van der Waals surface area contributed by atoms with Crippen LogP contribution in [0.25, 0.3) is 0 Å². The molecule has 20 heavy (non-hydrogen) atoms. The van der Waals surface area contributed by atoms with Gasteiger partial charge in [0.05, 0.1) is 11.4 Å². The van der Waals surface area contributed by atoms with E-state index in [0.29, 0.717) is 27.1 Å². The lowest BCUT2D eigenvalue weighted by Gasteiger charge is -2.12. The molecule has 0 saturated heterocycles. The second-order valence-electron chi connectivity index (χ2n) is 4.36. The fourth-order valence-corrected chi connectivity index (χ4v) is 2.23. The van der Waals surface area contributed by atoms with Crippen LogP contribution in [0.4, 0.5) is 0 Å². The average Bonchev–Trinajstić information content (AvgIpc) is 2.34. The van der Waals surface area contributed by atoms with Crippen molar-refractivity contribution < 1.29 is 14.6 Å². The van der Waals surface area contributed by atoms with Crippen LogP contribution in [0.1, 0.15) is 11.1 Å². The summed E-state index contributed by atoms with van der Waals surface area (Å²) in [6.07, 6.45) is -0.109. The Labute approximate surface area is 126 Å². The number of carbonyl (C=O) groups is 1. The molecular formula is C15H12Cl2O3. The number of benzene rings is 2. The van der Waals surface area contributed by atoms with Crippen molar-refractivity contribution in [2.75, 3.05) is 0 Å². The molecule has 0 aliphatic rings. The van der Waals surface area contributed by atoms with Crippen molar-refractivity contribution in [1.29, 1.82) is 0 Å². The van der Waals surface area contributed by atoms with E-state index < -0.39 is 5.97 Å². The molecule has 1 N–H and O–H groups in total. The van der Waals surface area contributed by atoms with Gasteiger partial charge in [0.1, 0.15) is 11.5 Å². The number of hydrogen-bond acceptors (Lipinski definition) is 2. The first-order chi connectivity index (χ1) is 9.45. The van der Waals surface area contributed by atoms with Gasteiger partial charge in [-0.25, -0.2) is 0 Å². The normalized spacial score (nSPS) is 10.3. The van der Waals surface area contributed by atoms with Gasteiger partial charge in [0.2, 0.25) is 0 Å². The minimum Gasteiger partial charge on any atom is -0.481 e. The molecule has 2 aromatic carbocycles. The quantitative estimate of drug-likeness (QED) is 0.888. The van der Waals surface area contributed by atoms with Crippen LogP contribution in [0, 0.1) is 6.92 Å². The van der Waals surface area contributed by atoms with Gasteiger partial charge in [-0.3, -0.25) is 4.79 Å². The maximum atomic E-state index is 10.9. The fraction of sp³-hybridized carbons (Fsp3) is 0.133. The molecule has 0 saturated carbocycles. The topological polar surface area (TPSA) is 46.5 Å². The number of aryl methyl sites for hydroxylation is 1. The summed E-state index contributed by atoms with van der Waals surface area (Å²) >= 11 is 11.9. The molecule has 0 fully saturated rings. The zero-order valence-electron chi connectivity index (χ0n) is 10.7. The number of carboxylic acid groups (broad SMARTS) is 1. The number of aliphatic carboxylic acids is 1. The van der Waals surface area contributed by atoms with Crippen LogP contribution in [0.2, 0.25) is 10.0 Å². The zero-order chi connectivity index (χ0) is 14.7. The highest BCUT2D eigenvalue weighted by atomic mass is 35.5. The molecule has 3 nitrogen and oxygen atoms in total. The Morgan fingerprint density at radius 2 is 1.85 bits per heavy atom. The molecule has 0 amide bonds. The third-order valence-electron chi connectivity index (χ3n) is 2.67. The Morgan fingerprint density at radius 3 is 2.50 bits per heavy atom. The van der Waals surface area contributed by atoms with Gasteiger partial charge in [-0.15, -0.1) is 0 Å². The van der Waals surface area contributed by atoms with Crippen molar-refractivity contribution in [3.63, 3.8) is 0 Å². The minimum atomic E-state index is -0.914. The first-order valence-electron chi connectivity index (χ1n) is 5.90. The van der Waals surface area contributed by atoms with Crippen molar-refractivity contribution in [2.24, 2.45) is 0 Å². The lowest BCUT2D eigenvalue weighted by atomic mass is 10.1. The maximum absolute atomic E-state index is 10.9.